The van der Waals surface area contributed by atoms with E-state index >= 15 is 0 Å². The predicted octanol–water partition coefficient (Wildman–Crippen LogP) is 2.13. The first kappa shape index (κ1) is 19.8. The van der Waals surface area contributed by atoms with E-state index in [1.165, 1.54) is 10.4 Å². The van der Waals surface area contributed by atoms with Crippen LogP contribution >= 0.6 is 11.5 Å². The highest BCUT2D eigenvalue weighted by molar-refractivity contribution is 7.05. The average Bonchev–Trinajstić information content (AvgIpc) is 3.36. The molecule has 2 aromatic rings. The molecule has 158 valence electrons. The van der Waals surface area contributed by atoms with Gasteiger partial charge in [-0.3, -0.25) is 24.7 Å². The summed E-state index contributed by atoms with van der Waals surface area (Å²) in [6.45, 7) is 3.67. The van der Waals surface area contributed by atoms with E-state index in [1.54, 1.807) is 11.5 Å². The van der Waals surface area contributed by atoms with E-state index in [2.05, 4.69) is 32.8 Å². The minimum absolute atomic E-state index is 0.230. The van der Waals surface area contributed by atoms with Gasteiger partial charge in [0.25, 0.3) is 0 Å². The van der Waals surface area contributed by atoms with Crippen molar-refractivity contribution in [3.8, 4) is 0 Å². The Kier molecular flexibility index (Phi) is 5.41. The van der Waals surface area contributed by atoms with E-state index in [1.807, 2.05) is 17.2 Å². The van der Waals surface area contributed by atoms with E-state index < -0.39 is 12.3 Å². The number of piperidine rings is 2. The van der Waals surface area contributed by atoms with E-state index in [9.17, 15) is 14.7 Å². The van der Waals surface area contributed by atoms with Crippen molar-refractivity contribution in [2.75, 3.05) is 13.1 Å². The number of likely N-dealkylation sites (tertiary alicyclic amines) is 1. The van der Waals surface area contributed by atoms with Gasteiger partial charge in [-0.2, -0.15) is 0 Å². The predicted molar refractivity (Wildman–Crippen MR) is 112 cm³/mol. The normalized spacial score (nSPS) is 26.0. The number of fused-ring (bicyclic) bond motifs is 1. The van der Waals surface area contributed by atoms with Crippen LogP contribution in [0.15, 0.2) is 30.5 Å². The summed E-state index contributed by atoms with van der Waals surface area (Å²) in [5, 5.41) is 13.2. The molecule has 5 rings (SSSR count). The van der Waals surface area contributed by atoms with Crippen molar-refractivity contribution in [1.29, 1.82) is 0 Å². The molecular formula is C22H26N4O3S. The quantitative estimate of drug-likeness (QED) is 0.729. The Labute approximate surface area is 179 Å². The third-order valence-electron chi connectivity index (χ3n) is 6.65. The summed E-state index contributed by atoms with van der Waals surface area (Å²) in [5.41, 5.74) is 3.30. The fraction of sp³-hybridized carbons (Fsp3) is 0.500. The molecular weight excluding hydrogens is 400 g/mol. The minimum Gasteiger partial charge on any atom is -0.374 e. The van der Waals surface area contributed by atoms with Crippen LogP contribution in [-0.2, 0) is 22.7 Å². The van der Waals surface area contributed by atoms with Crippen LogP contribution in [0.1, 0.15) is 59.4 Å². The van der Waals surface area contributed by atoms with Crippen LogP contribution in [0.3, 0.4) is 0 Å². The molecule has 3 aliphatic heterocycles. The second-order valence-corrected chi connectivity index (χ2v) is 9.42. The van der Waals surface area contributed by atoms with Gasteiger partial charge < -0.3 is 5.11 Å². The van der Waals surface area contributed by atoms with E-state index in [4.69, 9.17) is 0 Å². The van der Waals surface area contributed by atoms with Gasteiger partial charge >= 0.3 is 0 Å². The van der Waals surface area contributed by atoms with Gasteiger partial charge in [0.05, 0.1) is 6.04 Å². The Bertz CT molecular complexity index is 940. The summed E-state index contributed by atoms with van der Waals surface area (Å²) < 4.78 is 4.19. The van der Waals surface area contributed by atoms with Gasteiger partial charge in [0.15, 0.2) is 0 Å². The third kappa shape index (κ3) is 3.80. The number of rotatable bonds is 4. The largest absolute Gasteiger partial charge is 0.374 e. The average molecular weight is 427 g/mol. The maximum absolute atomic E-state index is 12.3. The smallest absolute Gasteiger partial charge is 0.244 e. The fourth-order valence-corrected chi connectivity index (χ4v) is 5.60. The molecule has 3 aliphatic rings. The van der Waals surface area contributed by atoms with E-state index in [-0.39, 0.29) is 11.8 Å². The number of carbonyl (C=O) groups is 2. The number of aliphatic hydroxyl groups excluding tert-OH is 1. The summed E-state index contributed by atoms with van der Waals surface area (Å²) in [6.07, 6.45) is 4.10. The highest BCUT2D eigenvalue weighted by Gasteiger charge is 2.39. The van der Waals surface area contributed by atoms with E-state index in [0.717, 1.165) is 43.6 Å². The third-order valence-corrected chi connectivity index (χ3v) is 7.38. The number of aromatic nitrogens is 1. The lowest BCUT2D eigenvalue weighted by Crippen LogP contribution is -2.51. The lowest BCUT2D eigenvalue weighted by Gasteiger charge is -2.32. The molecule has 30 heavy (non-hydrogen) atoms. The molecule has 0 radical (unpaired) electrons. The van der Waals surface area contributed by atoms with Gasteiger partial charge in [-0.05, 0) is 72.6 Å². The number of amides is 2. The first-order valence-electron chi connectivity index (χ1n) is 10.6. The molecule has 2 saturated heterocycles. The van der Waals surface area contributed by atoms with Crippen molar-refractivity contribution < 1.29 is 14.7 Å². The van der Waals surface area contributed by atoms with Gasteiger partial charge in [0, 0.05) is 30.6 Å². The van der Waals surface area contributed by atoms with Crippen LogP contribution in [0.5, 0.6) is 0 Å². The second-order valence-electron chi connectivity index (χ2n) is 8.50. The standard InChI is InChI=1S/C22H26N4O3S/c27-20-4-3-19(21(28)24-20)26-12-16-11-15(1-2-18(16)22(26)29)14-6-9-25(10-7-14)13-17-5-8-23-30-17/h1-2,5,8,11,14,19,22,29H,3-4,6-7,9-10,12-13H2,(H,24,27,28). The zero-order chi connectivity index (χ0) is 20.7. The summed E-state index contributed by atoms with van der Waals surface area (Å²) in [4.78, 5) is 29.3. The summed E-state index contributed by atoms with van der Waals surface area (Å²) in [6, 6.07) is 8.01. The van der Waals surface area contributed by atoms with Gasteiger partial charge in [0.1, 0.15) is 6.23 Å². The molecule has 2 N–H and O–H groups in total. The van der Waals surface area contributed by atoms with Gasteiger partial charge in [-0.25, -0.2) is 4.37 Å². The number of hydrogen-bond acceptors (Lipinski definition) is 7. The summed E-state index contributed by atoms with van der Waals surface area (Å²) >= 11 is 1.57. The maximum atomic E-state index is 12.3. The van der Waals surface area contributed by atoms with Crippen molar-refractivity contribution in [2.24, 2.45) is 0 Å². The SMILES string of the molecule is O=C1CCC(N2Cc3cc(C4CCN(Cc5ccns5)CC4)ccc3C2O)C(=O)N1. The molecule has 1 aromatic carbocycles. The maximum Gasteiger partial charge on any atom is 0.244 e. The van der Waals surface area contributed by atoms with Crippen LogP contribution in [0, 0.1) is 0 Å². The van der Waals surface area contributed by atoms with Crippen molar-refractivity contribution >= 4 is 23.3 Å². The number of nitrogens with zero attached hydrogens (tertiary/aromatic N) is 3. The zero-order valence-electron chi connectivity index (χ0n) is 16.8. The number of hydrogen-bond donors (Lipinski definition) is 2. The monoisotopic (exact) mass is 426 g/mol. The fourth-order valence-electron chi connectivity index (χ4n) is 4.98. The molecule has 0 saturated carbocycles. The summed E-state index contributed by atoms with van der Waals surface area (Å²) in [7, 11) is 0. The zero-order valence-corrected chi connectivity index (χ0v) is 17.6. The highest BCUT2D eigenvalue weighted by atomic mass is 32.1. The van der Waals surface area contributed by atoms with Crippen LogP contribution in [0.4, 0.5) is 0 Å². The number of aliphatic hydroxyl groups is 1. The second kappa shape index (κ2) is 8.19. The van der Waals surface area contributed by atoms with Crippen LogP contribution in [0.2, 0.25) is 0 Å². The lowest BCUT2D eigenvalue weighted by molar-refractivity contribution is -0.141. The van der Waals surface area contributed by atoms with Gasteiger partial charge in [-0.1, -0.05) is 18.2 Å². The first-order valence-corrected chi connectivity index (χ1v) is 11.4. The molecule has 0 bridgehead atoms. The van der Waals surface area contributed by atoms with Crippen molar-refractivity contribution in [1.82, 2.24) is 19.5 Å². The molecule has 8 heteroatoms. The number of carbonyl (C=O) groups excluding carboxylic acids is 2. The van der Waals surface area contributed by atoms with E-state index in [0.29, 0.717) is 25.3 Å². The Balaban J connectivity index is 1.24. The Morgan fingerprint density at radius 1 is 1.17 bits per heavy atom. The molecule has 2 atom stereocenters. The number of benzene rings is 1. The van der Waals surface area contributed by atoms with Gasteiger partial charge in [-0.15, -0.1) is 0 Å². The molecule has 0 spiro atoms. The number of imide groups is 1. The molecule has 4 heterocycles. The minimum atomic E-state index is -0.792. The van der Waals surface area contributed by atoms with Crippen LogP contribution in [0.25, 0.3) is 0 Å². The molecule has 2 amide bonds. The van der Waals surface area contributed by atoms with Crippen molar-refractivity contribution in [2.45, 2.75) is 57.0 Å². The van der Waals surface area contributed by atoms with Crippen LogP contribution in [-0.4, -0.2) is 50.2 Å². The Hall–Kier alpha value is -2.13. The molecule has 1 aromatic heterocycles. The highest BCUT2D eigenvalue weighted by Crippen LogP contribution is 2.38. The lowest BCUT2D eigenvalue weighted by atomic mass is 9.88. The molecule has 7 nitrogen and oxygen atoms in total. The molecule has 2 fully saturated rings. The summed E-state index contributed by atoms with van der Waals surface area (Å²) in [5.74, 6) is -0.00660. The topological polar surface area (TPSA) is 85.8 Å². The molecule has 2 unspecified atom stereocenters. The number of nitrogens with one attached hydrogen (secondary N) is 1. The van der Waals surface area contributed by atoms with Crippen LogP contribution < -0.4 is 5.32 Å². The van der Waals surface area contributed by atoms with Gasteiger partial charge in [0.2, 0.25) is 11.8 Å². The van der Waals surface area contributed by atoms with Crippen molar-refractivity contribution in [3.05, 3.63) is 52.0 Å². The Morgan fingerprint density at radius 2 is 2.00 bits per heavy atom. The Morgan fingerprint density at radius 3 is 2.73 bits per heavy atom. The van der Waals surface area contributed by atoms with Crippen molar-refractivity contribution in [3.63, 3.8) is 0 Å². The molecule has 0 aliphatic carbocycles. The first-order chi connectivity index (χ1) is 14.6.